The monoisotopic (exact) mass is 722 g/mol. The summed E-state index contributed by atoms with van der Waals surface area (Å²) in [5.74, 6) is 0.906. The predicted molar refractivity (Wildman–Crippen MR) is 233 cm³/mol. The third-order valence-electron chi connectivity index (χ3n) is 12.7. The van der Waals surface area contributed by atoms with Crippen LogP contribution < -0.4 is 15.0 Å². The topological polar surface area (TPSA) is 24.5 Å². The fourth-order valence-electron chi connectivity index (χ4n) is 9.82. The van der Waals surface area contributed by atoms with Crippen LogP contribution in [0.2, 0.25) is 0 Å². The third kappa shape index (κ3) is 4.77. The van der Waals surface area contributed by atoms with Crippen molar-refractivity contribution in [3.63, 3.8) is 0 Å². The summed E-state index contributed by atoms with van der Waals surface area (Å²) in [6.45, 7) is 9.39. The smallest absolute Gasteiger partial charge is 0.196 e. The summed E-state index contributed by atoms with van der Waals surface area (Å²) in [4.78, 5) is 2.44. The van der Waals surface area contributed by atoms with E-state index in [4.69, 9.17) is 4.74 Å². The highest BCUT2D eigenvalue weighted by Crippen LogP contribution is 2.53. The Morgan fingerprint density at radius 1 is 0.446 bits per heavy atom. The van der Waals surface area contributed by atoms with E-state index in [2.05, 4.69) is 202 Å². The molecule has 0 spiro atoms. The minimum Gasteiger partial charge on any atom is -0.464 e. The zero-order chi connectivity index (χ0) is 37.8. The second kappa shape index (κ2) is 12.0. The number of hydrogen-bond acceptors (Lipinski definition) is 3. The van der Waals surface area contributed by atoms with E-state index >= 15 is 0 Å². The molecule has 0 saturated carbocycles. The normalized spacial score (nSPS) is 16.2. The average Bonchev–Trinajstić information content (AvgIpc) is 3.85. The van der Waals surface area contributed by atoms with Crippen LogP contribution in [0.3, 0.4) is 0 Å². The fraction of sp³-hybridized carbons (Fsp3) is 0.132. The van der Waals surface area contributed by atoms with Gasteiger partial charge in [0.25, 0.3) is 0 Å². The number of rotatable bonds is 5. The van der Waals surface area contributed by atoms with Gasteiger partial charge >= 0.3 is 0 Å². The van der Waals surface area contributed by atoms with E-state index in [9.17, 15) is 0 Å². The van der Waals surface area contributed by atoms with Crippen molar-refractivity contribution in [3.8, 4) is 39.1 Å². The number of ether oxygens (including phenoxy) is 1. The average molecular weight is 723 g/mol. The van der Waals surface area contributed by atoms with Gasteiger partial charge < -0.3 is 15.0 Å². The van der Waals surface area contributed by atoms with Gasteiger partial charge in [0.2, 0.25) is 0 Å². The van der Waals surface area contributed by atoms with Crippen LogP contribution in [0.1, 0.15) is 61.7 Å². The lowest BCUT2D eigenvalue weighted by atomic mass is 9.82. The Hall–Kier alpha value is -6.58. The molecule has 3 aliphatic rings. The van der Waals surface area contributed by atoms with Crippen LogP contribution >= 0.6 is 0 Å². The Morgan fingerprint density at radius 2 is 0.982 bits per heavy atom. The van der Waals surface area contributed by atoms with E-state index in [0.29, 0.717) is 0 Å². The van der Waals surface area contributed by atoms with Gasteiger partial charge in [-0.3, -0.25) is 0 Å². The first-order chi connectivity index (χ1) is 27.3. The van der Waals surface area contributed by atoms with E-state index in [-0.39, 0.29) is 17.1 Å². The zero-order valence-corrected chi connectivity index (χ0v) is 32.1. The van der Waals surface area contributed by atoms with Crippen molar-refractivity contribution in [2.24, 2.45) is 0 Å². The number of nitrogens with one attached hydrogen (secondary N) is 1. The summed E-state index contributed by atoms with van der Waals surface area (Å²) in [5.41, 5.74) is 18.6. The highest BCUT2D eigenvalue weighted by atomic mass is 16.5. The molecule has 1 heterocycles. The minimum atomic E-state index is -0.205. The summed E-state index contributed by atoms with van der Waals surface area (Å²) in [6.07, 6.45) is -0.205. The molecule has 3 heteroatoms. The van der Waals surface area contributed by atoms with E-state index in [1.165, 1.54) is 61.0 Å². The number of hydrogen-bond donors (Lipinski definition) is 1. The Balaban J connectivity index is 1.03. The Bertz CT molecular complexity index is 2760. The minimum absolute atomic E-state index is 0.0536. The van der Waals surface area contributed by atoms with Crippen LogP contribution in [-0.2, 0) is 10.8 Å². The van der Waals surface area contributed by atoms with Crippen LogP contribution in [0.4, 0.5) is 22.7 Å². The molecule has 8 aromatic rings. The Labute approximate surface area is 328 Å². The first kappa shape index (κ1) is 32.8. The highest BCUT2D eigenvalue weighted by Gasteiger charge is 2.37. The lowest BCUT2D eigenvalue weighted by Gasteiger charge is -2.28. The molecule has 2 aliphatic carbocycles. The van der Waals surface area contributed by atoms with Crippen LogP contribution in [0.15, 0.2) is 170 Å². The molecule has 0 amide bonds. The first-order valence-corrected chi connectivity index (χ1v) is 19.7. The standard InChI is InChI=1S/C53H42N2O/c1-52(2)45-19-10-8-15-40(45)43-31-36(25-28-47(43)52)55(37-26-29-48-44(32-37)41-16-9-11-20-46(41)53(48,3)4)35-23-21-33(22-24-35)38-17-12-18-42-39(38)27-30-49-50(42)56-51(54-49)34-13-6-5-7-14-34/h5-32,51,54H,1-4H3. The first-order valence-electron chi connectivity index (χ1n) is 19.7. The molecule has 1 atom stereocenters. The van der Waals surface area contributed by atoms with Gasteiger partial charge in [-0.2, -0.15) is 0 Å². The number of anilines is 4. The molecule has 270 valence electrons. The summed E-state index contributed by atoms with van der Waals surface area (Å²) >= 11 is 0. The molecule has 1 aliphatic heterocycles. The van der Waals surface area contributed by atoms with E-state index in [1.54, 1.807) is 0 Å². The summed E-state index contributed by atoms with van der Waals surface area (Å²) < 4.78 is 6.56. The largest absolute Gasteiger partial charge is 0.464 e. The van der Waals surface area contributed by atoms with Gasteiger partial charge in [-0.05, 0) is 103 Å². The van der Waals surface area contributed by atoms with Crippen molar-refractivity contribution in [2.75, 3.05) is 10.2 Å². The van der Waals surface area contributed by atoms with Crippen molar-refractivity contribution >= 4 is 33.5 Å². The van der Waals surface area contributed by atoms with Crippen molar-refractivity contribution in [1.29, 1.82) is 0 Å². The second-order valence-corrected chi connectivity index (χ2v) is 16.6. The Morgan fingerprint density at radius 3 is 1.61 bits per heavy atom. The van der Waals surface area contributed by atoms with E-state index in [0.717, 1.165) is 39.4 Å². The van der Waals surface area contributed by atoms with Gasteiger partial charge in [0.1, 0.15) is 0 Å². The molecule has 11 rings (SSSR count). The summed E-state index contributed by atoms with van der Waals surface area (Å²) in [5, 5.41) is 5.86. The molecule has 0 radical (unpaired) electrons. The molecule has 1 N–H and O–H groups in total. The molecular weight excluding hydrogens is 681 g/mol. The van der Waals surface area contributed by atoms with Crippen molar-refractivity contribution in [3.05, 3.63) is 198 Å². The Kier molecular flexibility index (Phi) is 7.01. The number of benzene rings is 8. The number of nitrogens with zero attached hydrogens (tertiary/aromatic N) is 1. The van der Waals surface area contributed by atoms with Gasteiger partial charge in [-0.25, -0.2) is 0 Å². The molecule has 56 heavy (non-hydrogen) atoms. The van der Waals surface area contributed by atoms with E-state index in [1.807, 2.05) is 6.07 Å². The maximum Gasteiger partial charge on any atom is 0.196 e. The lowest BCUT2D eigenvalue weighted by Crippen LogP contribution is -2.16. The fourth-order valence-corrected chi connectivity index (χ4v) is 9.82. The molecular formula is C53H42N2O. The van der Waals surface area contributed by atoms with Crippen LogP contribution in [0.25, 0.3) is 44.2 Å². The third-order valence-corrected chi connectivity index (χ3v) is 12.7. The number of fused-ring (bicyclic) bond motifs is 9. The molecule has 1 unspecified atom stereocenters. The maximum absolute atomic E-state index is 6.56. The molecule has 0 bridgehead atoms. The van der Waals surface area contributed by atoms with Gasteiger partial charge in [0.05, 0.1) is 5.69 Å². The highest BCUT2D eigenvalue weighted by molar-refractivity contribution is 6.03. The van der Waals surface area contributed by atoms with Crippen molar-refractivity contribution in [2.45, 2.75) is 44.8 Å². The van der Waals surface area contributed by atoms with Gasteiger partial charge in [0, 0.05) is 38.8 Å². The second-order valence-electron chi connectivity index (χ2n) is 16.6. The molecule has 8 aromatic carbocycles. The quantitative estimate of drug-likeness (QED) is 0.191. The molecule has 3 nitrogen and oxygen atoms in total. The molecule has 0 fully saturated rings. The van der Waals surface area contributed by atoms with Crippen LogP contribution in [-0.4, -0.2) is 0 Å². The summed E-state index contributed by atoms with van der Waals surface area (Å²) in [6, 6.07) is 62.3. The predicted octanol–water partition coefficient (Wildman–Crippen LogP) is 14.1. The SMILES string of the molecule is CC1(C)c2ccccc2-c2cc(N(c3ccc(-c4cccc5c6c(ccc45)NC(c4ccccc4)O6)cc3)c3ccc4c(c3)-c3ccccc3C4(C)C)ccc21. The van der Waals surface area contributed by atoms with Gasteiger partial charge in [-0.15, -0.1) is 0 Å². The van der Waals surface area contributed by atoms with Crippen LogP contribution in [0, 0.1) is 0 Å². The molecule has 0 saturated heterocycles. The van der Waals surface area contributed by atoms with Crippen molar-refractivity contribution in [1.82, 2.24) is 0 Å². The van der Waals surface area contributed by atoms with Crippen LogP contribution in [0.5, 0.6) is 5.75 Å². The van der Waals surface area contributed by atoms with E-state index < -0.39 is 0 Å². The van der Waals surface area contributed by atoms with Gasteiger partial charge in [0.15, 0.2) is 12.0 Å². The zero-order valence-electron chi connectivity index (χ0n) is 32.1. The summed E-state index contributed by atoms with van der Waals surface area (Å²) in [7, 11) is 0. The lowest BCUT2D eigenvalue weighted by molar-refractivity contribution is 0.262. The van der Waals surface area contributed by atoms with Crippen molar-refractivity contribution < 1.29 is 4.74 Å². The maximum atomic E-state index is 6.56. The molecule has 0 aromatic heterocycles. The van der Waals surface area contributed by atoms with Gasteiger partial charge in [-0.1, -0.05) is 155 Å².